The zero-order valence-corrected chi connectivity index (χ0v) is 17.9. The highest BCUT2D eigenvalue weighted by atomic mass is 32.2. The number of carbonyl (C=O) groups is 1. The molecular formula is C16H16N6O5S3. The summed E-state index contributed by atoms with van der Waals surface area (Å²) in [5, 5.41) is 20.4. The molecule has 0 saturated heterocycles. The number of nitrogens with zero attached hydrogens (tertiary/aromatic N) is 3. The molecule has 3 aromatic rings. The molecule has 0 spiro atoms. The normalized spacial score (nSPS) is 11.2. The van der Waals surface area contributed by atoms with Crippen LogP contribution < -0.4 is 15.6 Å². The van der Waals surface area contributed by atoms with E-state index < -0.39 is 21.5 Å². The summed E-state index contributed by atoms with van der Waals surface area (Å²) in [5.74, 6) is -0.380. The van der Waals surface area contributed by atoms with Crippen molar-refractivity contribution in [2.75, 3.05) is 15.8 Å². The molecule has 11 nitrogen and oxygen atoms in total. The van der Waals surface area contributed by atoms with Crippen LogP contribution in [0.15, 0.2) is 45.2 Å². The lowest BCUT2D eigenvalue weighted by Crippen LogP contribution is -2.14. The second kappa shape index (κ2) is 9.23. The van der Waals surface area contributed by atoms with Crippen LogP contribution in [0.5, 0.6) is 5.88 Å². The van der Waals surface area contributed by atoms with Crippen LogP contribution in [0.1, 0.15) is 11.4 Å². The minimum absolute atomic E-state index is 0.0165. The summed E-state index contributed by atoms with van der Waals surface area (Å²) in [6, 6.07) is 6.62. The molecule has 0 atom stereocenters. The number of benzene rings is 1. The number of sulfonamides is 1. The molecule has 4 N–H and O–H groups in total. The predicted octanol–water partition coefficient (Wildman–Crippen LogP) is 1.56. The predicted molar refractivity (Wildman–Crippen MR) is 112 cm³/mol. The Morgan fingerprint density at radius 3 is 2.63 bits per heavy atom. The third kappa shape index (κ3) is 6.01. The van der Waals surface area contributed by atoms with E-state index in [9.17, 15) is 23.1 Å². The van der Waals surface area contributed by atoms with E-state index in [0.29, 0.717) is 16.4 Å². The van der Waals surface area contributed by atoms with Crippen molar-refractivity contribution in [2.45, 2.75) is 23.4 Å². The van der Waals surface area contributed by atoms with E-state index in [2.05, 4.69) is 30.2 Å². The summed E-state index contributed by atoms with van der Waals surface area (Å²) in [5.41, 5.74) is -0.0557. The number of aromatic hydroxyl groups is 1. The number of aromatic amines is 1. The number of aryl methyl sites for hydroxylation is 1. The standard InChI is InChI=1S/C16H16N6O5S3/c1-9-20-21-16(29-9)22-30(26,27)11-4-2-10(3-5-11)17-12(23)6-7-28-15-18-13(24)8-14(25)19-15/h2-5,8H,6-7H2,1H3,(H,17,23)(H,21,22)(H2,18,19,24,25). The lowest BCUT2D eigenvalue weighted by Gasteiger charge is -2.08. The first-order chi connectivity index (χ1) is 14.2. The SMILES string of the molecule is Cc1nnc(NS(=O)(=O)c2ccc(NC(=O)CCSc3nc(O)cc(=O)[nH]3)cc2)s1. The number of H-pyrrole nitrogens is 1. The Hall–Kier alpha value is -2.97. The van der Waals surface area contributed by atoms with E-state index >= 15 is 0 Å². The summed E-state index contributed by atoms with van der Waals surface area (Å²) in [7, 11) is -3.81. The van der Waals surface area contributed by atoms with Crippen LogP contribution in [0, 0.1) is 6.92 Å². The number of rotatable bonds is 8. The number of hydrogen-bond donors (Lipinski definition) is 4. The van der Waals surface area contributed by atoms with Crippen molar-refractivity contribution in [1.29, 1.82) is 0 Å². The summed E-state index contributed by atoms with van der Waals surface area (Å²) in [6.07, 6.45) is 0.113. The minimum atomic E-state index is -3.81. The molecule has 2 heterocycles. The van der Waals surface area contributed by atoms with Gasteiger partial charge in [0.2, 0.25) is 16.9 Å². The van der Waals surface area contributed by atoms with Gasteiger partial charge in [0.15, 0.2) is 5.16 Å². The van der Waals surface area contributed by atoms with Gasteiger partial charge >= 0.3 is 0 Å². The molecule has 0 aliphatic carbocycles. The maximum atomic E-state index is 12.4. The number of hydrogen-bond acceptors (Lipinski definition) is 10. The number of thioether (sulfide) groups is 1. The maximum Gasteiger partial charge on any atom is 0.263 e. The quantitative estimate of drug-likeness (QED) is 0.283. The highest BCUT2D eigenvalue weighted by Gasteiger charge is 2.16. The molecule has 0 bridgehead atoms. The Labute approximate surface area is 179 Å². The van der Waals surface area contributed by atoms with Crippen LogP contribution in [0.4, 0.5) is 10.8 Å². The smallest absolute Gasteiger partial charge is 0.263 e. The average molecular weight is 469 g/mol. The fourth-order valence-electron chi connectivity index (χ4n) is 2.18. The number of nitrogens with one attached hydrogen (secondary N) is 3. The van der Waals surface area contributed by atoms with Crippen LogP contribution in [-0.2, 0) is 14.8 Å². The Morgan fingerprint density at radius 1 is 1.27 bits per heavy atom. The van der Waals surface area contributed by atoms with Crippen molar-refractivity contribution < 1.29 is 18.3 Å². The lowest BCUT2D eigenvalue weighted by molar-refractivity contribution is -0.115. The minimum Gasteiger partial charge on any atom is -0.493 e. The van der Waals surface area contributed by atoms with Crippen LogP contribution in [0.25, 0.3) is 0 Å². The van der Waals surface area contributed by atoms with Crippen molar-refractivity contribution in [3.8, 4) is 5.88 Å². The summed E-state index contributed by atoms with van der Waals surface area (Å²) in [6.45, 7) is 1.71. The van der Waals surface area contributed by atoms with Gasteiger partial charge in [0, 0.05) is 17.9 Å². The maximum absolute atomic E-state index is 12.4. The third-order valence-electron chi connectivity index (χ3n) is 3.47. The van der Waals surface area contributed by atoms with Gasteiger partial charge in [-0.2, -0.15) is 4.98 Å². The first-order valence-corrected chi connectivity index (χ1v) is 11.7. The van der Waals surface area contributed by atoms with Crippen molar-refractivity contribution in [3.63, 3.8) is 0 Å². The molecule has 0 fully saturated rings. The Bertz CT molecular complexity index is 1210. The van der Waals surface area contributed by atoms with Crippen LogP contribution in [0.2, 0.25) is 0 Å². The number of anilines is 2. The van der Waals surface area contributed by atoms with Gasteiger partial charge in [0.25, 0.3) is 15.6 Å². The topological polar surface area (TPSA) is 167 Å². The van der Waals surface area contributed by atoms with Crippen molar-refractivity contribution in [3.05, 3.63) is 45.7 Å². The van der Waals surface area contributed by atoms with Gasteiger partial charge in [-0.05, 0) is 31.2 Å². The van der Waals surface area contributed by atoms with Crippen molar-refractivity contribution >= 4 is 49.8 Å². The van der Waals surface area contributed by atoms with Gasteiger partial charge in [-0.1, -0.05) is 23.1 Å². The fourth-order valence-corrected chi connectivity index (χ4v) is 4.82. The lowest BCUT2D eigenvalue weighted by atomic mass is 10.3. The van der Waals surface area contributed by atoms with E-state index in [-0.39, 0.29) is 27.5 Å². The summed E-state index contributed by atoms with van der Waals surface area (Å²) < 4.78 is 27.1. The molecule has 14 heteroatoms. The first kappa shape index (κ1) is 21.7. The van der Waals surface area contributed by atoms with Crippen LogP contribution >= 0.6 is 23.1 Å². The zero-order chi connectivity index (χ0) is 21.7. The first-order valence-electron chi connectivity index (χ1n) is 8.37. The number of amides is 1. The average Bonchev–Trinajstić information content (AvgIpc) is 3.05. The van der Waals surface area contributed by atoms with Crippen molar-refractivity contribution in [2.24, 2.45) is 0 Å². The van der Waals surface area contributed by atoms with E-state index in [1.165, 1.54) is 24.3 Å². The molecule has 2 aromatic heterocycles. The molecule has 3 rings (SSSR count). The van der Waals surface area contributed by atoms with E-state index in [1.54, 1.807) is 6.92 Å². The van der Waals surface area contributed by atoms with E-state index in [0.717, 1.165) is 29.2 Å². The third-order valence-corrected chi connectivity index (χ3v) is 6.58. The molecule has 1 aromatic carbocycles. The Kier molecular flexibility index (Phi) is 6.69. The fraction of sp³-hybridized carbons (Fsp3) is 0.188. The monoisotopic (exact) mass is 468 g/mol. The van der Waals surface area contributed by atoms with E-state index in [4.69, 9.17) is 0 Å². The largest absolute Gasteiger partial charge is 0.493 e. The molecule has 1 amide bonds. The molecule has 0 saturated carbocycles. The molecule has 30 heavy (non-hydrogen) atoms. The zero-order valence-electron chi connectivity index (χ0n) is 15.4. The number of aromatic nitrogens is 4. The molecule has 0 radical (unpaired) electrons. The van der Waals surface area contributed by atoms with Crippen molar-refractivity contribution in [1.82, 2.24) is 20.2 Å². The van der Waals surface area contributed by atoms with Gasteiger partial charge in [-0.25, -0.2) is 8.42 Å². The second-order valence-electron chi connectivity index (χ2n) is 5.81. The van der Waals surface area contributed by atoms with Gasteiger partial charge in [0.05, 0.1) is 11.0 Å². The highest BCUT2D eigenvalue weighted by Crippen LogP contribution is 2.21. The Morgan fingerprint density at radius 2 is 2.00 bits per heavy atom. The Balaban J connectivity index is 1.53. The second-order valence-corrected chi connectivity index (χ2v) is 9.76. The number of carbonyl (C=O) groups excluding carboxylic acids is 1. The van der Waals surface area contributed by atoms with E-state index in [1.807, 2.05) is 0 Å². The molecule has 0 aliphatic heterocycles. The summed E-state index contributed by atoms with van der Waals surface area (Å²) in [4.78, 5) is 29.5. The highest BCUT2D eigenvalue weighted by molar-refractivity contribution is 7.99. The molecule has 0 unspecified atom stereocenters. The van der Waals surface area contributed by atoms with Crippen LogP contribution in [-0.4, -0.2) is 45.3 Å². The molecule has 158 valence electrons. The van der Waals surface area contributed by atoms with Gasteiger partial charge in [-0.15, -0.1) is 10.2 Å². The summed E-state index contributed by atoms with van der Waals surface area (Å²) >= 11 is 2.23. The van der Waals surface area contributed by atoms with Gasteiger partial charge in [0.1, 0.15) is 5.01 Å². The van der Waals surface area contributed by atoms with Crippen LogP contribution in [0.3, 0.4) is 0 Å². The van der Waals surface area contributed by atoms with Gasteiger partial charge < -0.3 is 15.4 Å². The molecular weight excluding hydrogens is 452 g/mol. The molecule has 0 aliphatic rings. The van der Waals surface area contributed by atoms with Gasteiger partial charge in [-0.3, -0.25) is 14.3 Å².